The Labute approximate surface area is 160 Å². The lowest BCUT2D eigenvalue weighted by molar-refractivity contribution is 0.184. The number of ether oxygens (including phenoxy) is 2. The van der Waals surface area contributed by atoms with Gasteiger partial charge in [-0.2, -0.15) is 0 Å². The Bertz CT molecular complexity index is 733. The van der Waals surface area contributed by atoms with Crippen LogP contribution in [0.4, 0.5) is 0 Å². The van der Waals surface area contributed by atoms with Crippen LogP contribution in [0.3, 0.4) is 0 Å². The van der Waals surface area contributed by atoms with Crippen molar-refractivity contribution in [2.75, 3.05) is 26.7 Å². The molecule has 2 fully saturated rings. The van der Waals surface area contributed by atoms with Crippen LogP contribution in [0, 0.1) is 11.8 Å². The van der Waals surface area contributed by atoms with Crippen molar-refractivity contribution in [1.82, 2.24) is 9.88 Å². The first-order valence-corrected chi connectivity index (χ1v) is 9.78. The highest BCUT2D eigenvalue weighted by molar-refractivity contribution is 5.31. The summed E-state index contributed by atoms with van der Waals surface area (Å²) in [6.45, 7) is 5.53. The molecule has 2 aromatic rings. The molecule has 2 unspecified atom stereocenters. The molecule has 1 N–H and O–H groups in total. The molecule has 0 amide bonds. The van der Waals surface area contributed by atoms with Crippen molar-refractivity contribution in [3.8, 4) is 17.2 Å². The van der Waals surface area contributed by atoms with Crippen molar-refractivity contribution in [1.29, 1.82) is 0 Å². The third-order valence-electron chi connectivity index (χ3n) is 5.95. The minimum Gasteiger partial charge on any atom is -0.506 e. The SMILES string of the molecule is COc1ccc(OC2C[C@@H]3CN(CC(C)c4ccc(O)cn4)C[C@@H]3C2)cc1. The van der Waals surface area contributed by atoms with E-state index in [-0.39, 0.29) is 5.75 Å². The fourth-order valence-corrected chi connectivity index (χ4v) is 4.60. The second kappa shape index (κ2) is 7.77. The van der Waals surface area contributed by atoms with Gasteiger partial charge in [0.1, 0.15) is 17.2 Å². The van der Waals surface area contributed by atoms with E-state index in [2.05, 4.69) is 16.8 Å². The summed E-state index contributed by atoms with van der Waals surface area (Å²) in [5.41, 5.74) is 1.05. The molecule has 0 spiro atoms. The summed E-state index contributed by atoms with van der Waals surface area (Å²) in [5.74, 6) is 3.85. The molecule has 5 heteroatoms. The molecule has 1 aromatic heterocycles. The van der Waals surface area contributed by atoms with Gasteiger partial charge in [-0.15, -0.1) is 0 Å². The minimum atomic E-state index is 0.226. The standard InChI is InChI=1S/C22H28N2O3/c1-15(22-8-3-18(25)11-23-22)12-24-13-16-9-21(10-17(16)14-24)27-20-6-4-19(26-2)5-7-20/h3-8,11,15-17,21,25H,9-10,12-14H2,1-2H3/t15?,16-,17+,21?. The predicted molar refractivity (Wildman–Crippen MR) is 104 cm³/mol. The molecule has 2 aliphatic rings. The summed E-state index contributed by atoms with van der Waals surface area (Å²) in [7, 11) is 1.68. The highest BCUT2D eigenvalue weighted by atomic mass is 16.5. The quantitative estimate of drug-likeness (QED) is 0.843. The fraction of sp³-hybridized carbons (Fsp3) is 0.500. The van der Waals surface area contributed by atoms with E-state index in [1.165, 1.54) is 6.20 Å². The van der Waals surface area contributed by atoms with Crippen LogP contribution in [-0.2, 0) is 0 Å². The maximum Gasteiger partial charge on any atom is 0.133 e. The maximum absolute atomic E-state index is 9.40. The zero-order valence-electron chi connectivity index (χ0n) is 16.0. The number of hydrogen-bond donors (Lipinski definition) is 1. The van der Waals surface area contributed by atoms with Crippen LogP contribution in [-0.4, -0.2) is 47.8 Å². The molecule has 1 saturated carbocycles. The van der Waals surface area contributed by atoms with Crippen molar-refractivity contribution in [2.24, 2.45) is 11.8 Å². The number of aromatic hydroxyl groups is 1. The Balaban J connectivity index is 1.27. The Hall–Kier alpha value is -2.27. The van der Waals surface area contributed by atoms with Crippen molar-refractivity contribution < 1.29 is 14.6 Å². The van der Waals surface area contributed by atoms with Crippen molar-refractivity contribution in [3.63, 3.8) is 0 Å². The molecule has 0 radical (unpaired) electrons. The Morgan fingerprint density at radius 2 is 1.74 bits per heavy atom. The zero-order valence-corrected chi connectivity index (χ0v) is 16.0. The van der Waals surface area contributed by atoms with Crippen molar-refractivity contribution in [2.45, 2.75) is 31.8 Å². The average Bonchev–Trinajstić information content (AvgIpc) is 3.20. The number of pyridine rings is 1. The molecule has 27 heavy (non-hydrogen) atoms. The normalized spacial score (nSPS) is 25.9. The smallest absolute Gasteiger partial charge is 0.133 e. The Morgan fingerprint density at radius 3 is 2.33 bits per heavy atom. The maximum atomic E-state index is 9.40. The van der Waals surface area contributed by atoms with Gasteiger partial charge in [0.2, 0.25) is 0 Å². The number of likely N-dealkylation sites (tertiary alicyclic amines) is 1. The van der Waals surface area contributed by atoms with Gasteiger partial charge < -0.3 is 19.5 Å². The fourth-order valence-electron chi connectivity index (χ4n) is 4.60. The molecule has 4 rings (SSSR count). The van der Waals surface area contributed by atoms with Crippen LogP contribution in [0.2, 0.25) is 0 Å². The molecular formula is C22H28N2O3. The van der Waals surface area contributed by atoms with E-state index in [4.69, 9.17) is 9.47 Å². The summed E-state index contributed by atoms with van der Waals surface area (Å²) in [6, 6.07) is 11.5. The van der Waals surface area contributed by atoms with E-state index in [1.807, 2.05) is 30.3 Å². The van der Waals surface area contributed by atoms with Gasteiger partial charge in [-0.05, 0) is 61.1 Å². The largest absolute Gasteiger partial charge is 0.506 e. The summed E-state index contributed by atoms with van der Waals surface area (Å²) in [4.78, 5) is 6.93. The Morgan fingerprint density at radius 1 is 1.07 bits per heavy atom. The third kappa shape index (κ3) is 4.19. The van der Waals surface area contributed by atoms with Crippen LogP contribution in [0.15, 0.2) is 42.6 Å². The van der Waals surface area contributed by atoms with Crippen LogP contribution < -0.4 is 9.47 Å². The van der Waals surface area contributed by atoms with Gasteiger partial charge in [-0.1, -0.05) is 6.92 Å². The molecule has 4 atom stereocenters. The first-order valence-electron chi connectivity index (χ1n) is 9.78. The number of hydrogen-bond acceptors (Lipinski definition) is 5. The van der Waals surface area contributed by atoms with Gasteiger partial charge in [0.25, 0.3) is 0 Å². The van der Waals surface area contributed by atoms with Crippen LogP contribution >= 0.6 is 0 Å². The zero-order chi connectivity index (χ0) is 18.8. The molecule has 5 nitrogen and oxygen atoms in total. The number of benzene rings is 1. The van der Waals surface area contributed by atoms with Crippen LogP contribution in [0.25, 0.3) is 0 Å². The van der Waals surface area contributed by atoms with E-state index in [9.17, 15) is 5.11 Å². The summed E-state index contributed by atoms with van der Waals surface area (Å²) < 4.78 is 11.4. The number of rotatable bonds is 6. The van der Waals surface area contributed by atoms with E-state index in [0.717, 1.165) is 61.5 Å². The first kappa shape index (κ1) is 18.1. The van der Waals surface area contributed by atoms with Crippen molar-refractivity contribution in [3.05, 3.63) is 48.3 Å². The van der Waals surface area contributed by atoms with Gasteiger partial charge in [0, 0.05) is 31.2 Å². The lowest BCUT2D eigenvalue weighted by Gasteiger charge is -2.23. The van der Waals surface area contributed by atoms with Crippen molar-refractivity contribution >= 4 is 0 Å². The molecular weight excluding hydrogens is 340 g/mol. The van der Waals surface area contributed by atoms with E-state index in [1.54, 1.807) is 13.2 Å². The van der Waals surface area contributed by atoms with Crippen LogP contribution in [0.1, 0.15) is 31.4 Å². The van der Waals surface area contributed by atoms with Gasteiger partial charge in [0.15, 0.2) is 0 Å². The molecule has 2 heterocycles. The van der Waals surface area contributed by atoms with Gasteiger partial charge in [-0.3, -0.25) is 4.98 Å². The summed E-state index contributed by atoms with van der Waals surface area (Å²) >= 11 is 0. The van der Waals surface area contributed by atoms with E-state index in [0.29, 0.717) is 12.0 Å². The Kier molecular flexibility index (Phi) is 5.21. The number of fused-ring (bicyclic) bond motifs is 1. The number of methoxy groups -OCH3 is 1. The van der Waals surface area contributed by atoms with E-state index < -0.39 is 0 Å². The highest BCUT2D eigenvalue weighted by Gasteiger charge is 2.42. The second-order valence-corrected chi connectivity index (χ2v) is 7.97. The van der Waals surface area contributed by atoms with Crippen LogP contribution in [0.5, 0.6) is 17.2 Å². The lowest BCUT2D eigenvalue weighted by Crippen LogP contribution is -2.28. The first-order chi connectivity index (χ1) is 13.1. The molecule has 1 aromatic carbocycles. The minimum absolute atomic E-state index is 0.226. The van der Waals surface area contributed by atoms with Gasteiger partial charge >= 0.3 is 0 Å². The molecule has 1 aliphatic heterocycles. The summed E-state index contributed by atoms with van der Waals surface area (Å²) in [5, 5.41) is 9.40. The van der Waals surface area contributed by atoms with Gasteiger partial charge in [-0.25, -0.2) is 0 Å². The molecule has 1 aliphatic carbocycles. The summed E-state index contributed by atoms with van der Waals surface area (Å²) in [6.07, 6.45) is 4.13. The predicted octanol–water partition coefficient (Wildman–Crippen LogP) is 3.69. The number of aromatic nitrogens is 1. The van der Waals surface area contributed by atoms with E-state index >= 15 is 0 Å². The third-order valence-corrected chi connectivity index (χ3v) is 5.95. The lowest BCUT2D eigenvalue weighted by atomic mass is 10.0. The molecule has 144 valence electrons. The number of nitrogens with zero attached hydrogens (tertiary/aromatic N) is 2. The molecule has 1 saturated heterocycles. The van der Waals surface area contributed by atoms with Gasteiger partial charge in [0.05, 0.1) is 19.4 Å². The molecule has 0 bridgehead atoms. The monoisotopic (exact) mass is 368 g/mol. The highest BCUT2D eigenvalue weighted by Crippen LogP contribution is 2.40. The average molecular weight is 368 g/mol. The second-order valence-electron chi connectivity index (χ2n) is 7.97. The topological polar surface area (TPSA) is 54.8 Å².